The minimum Gasteiger partial charge on any atom is -0.497 e. The number of hydrogen-bond acceptors (Lipinski definition) is 8. The van der Waals surface area contributed by atoms with E-state index in [1.165, 1.54) is 6.08 Å². The molecule has 4 rings (SSSR count). The second-order valence-corrected chi connectivity index (χ2v) is 8.37. The van der Waals surface area contributed by atoms with Gasteiger partial charge in [-0.3, -0.25) is 9.36 Å². The maximum atomic E-state index is 12.5. The second kappa shape index (κ2) is 12.0. The first-order chi connectivity index (χ1) is 18.4. The van der Waals surface area contributed by atoms with Gasteiger partial charge in [0.05, 0.1) is 27.4 Å². The van der Waals surface area contributed by atoms with Crippen LogP contribution in [0.5, 0.6) is 11.5 Å². The van der Waals surface area contributed by atoms with E-state index in [1.807, 2.05) is 24.3 Å². The summed E-state index contributed by atoms with van der Waals surface area (Å²) in [5.74, 6) is 0.473. The number of rotatable bonds is 10. The number of nitrogens with two attached hydrogens (primary N) is 1. The van der Waals surface area contributed by atoms with Crippen LogP contribution in [0.4, 0.5) is 5.69 Å². The smallest absolute Gasteiger partial charge is 0.330 e. The molecule has 2 atom stereocenters. The molecule has 1 aliphatic heterocycles. The highest BCUT2D eigenvalue weighted by molar-refractivity contribution is 5.91. The van der Waals surface area contributed by atoms with Crippen molar-refractivity contribution in [3.63, 3.8) is 0 Å². The van der Waals surface area contributed by atoms with Gasteiger partial charge in [-0.25, -0.2) is 14.8 Å². The van der Waals surface area contributed by atoms with Crippen LogP contribution in [0, 0.1) is 0 Å². The Hall–Kier alpha value is -4.80. The van der Waals surface area contributed by atoms with E-state index in [2.05, 4.69) is 15.6 Å². The van der Waals surface area contributed by atoms with Crippen LogP contribution in [-0.4, -0.2) is 54.4 Å². The number of anilines is 1. The molecule has 11 heteroatoms. The number of esters is 1. The molecule has 3 aromatic rings. The van der Waals surface area contributed by atoms with Crippen molar-refractivity contribution < 1.29 is 23.8 Å². The van der Waals surface area contributed by atoms with E-state index in [-0.39, 0.29) is 5.97 Å². The fraction of sp³-hybridized carbons (Fsp3) is 0.259. The molecular weight excluding hydrogens is 488 g/mol. The maximum absolute atomic E-state index is 12.5. The number of nitrogens with one attached hydrogen (secondary N) is 2. The van der Waals surface area contributed by atoms with Gasteiger partial charge >= 0.3 is 5.97 Å². The van der Waals surface area contributed by atoms with Crippen molar-refractivity contribution in [3.8, 4) is 11.5 Å². The van der Waals surface area contributed by atoms with Crippen LogP contribution < -0.4 is 25.8 Å². The molecule has 38 heavy (non-hydrogen) atoms. The molecule has 0 radical (unpaired) electrons. The van der Waals surface area contributed by atoms with Crippen LogP contribution in [0.3, 0.4) is 0 Å². The Kier molecular flexibility index (Phi) is 8.27. The number of carbonyl (C=O) groups is 2. The topological polar surface area (TPSA) is 142 Å². The van der Waals surface area contributed by atoms with E-state index in [9.17, 15) is 9.59 Å². The van der Waals surface area contributed by atoms with Crippen molar-refractivity contribution in [1.29, 1.82) is 0 Å². The lowest BCUT2D eigenvalue weighted by Gasteiger charge is -2.33. The Morgan fingerprint density at radius 1 is 1.16 bits per heavy atom. The molecule has 0 aliphatic carbocycles. The van der Waals surface area contributed by atoms with Gasteiger partial charge in [0.25, 0.3) is 0 Å². The maximum Gasteiger partial charge on any atom is 0.330 e. The third kappa shape index (κ3) is 6.12. The molecule has 4 N–H and O–H groups in total. The van der Waals surface area contributed by atoms with Gasteiger partial charge in [0, 0.05) is 42.4 Å². The number of amides is 1. The molecule has 2 heterocycles. The van der Waals surface area contributed by atoms with Gasteiger partial charge in [0.15, 0.2) is 0 Å². The van der Waals surface area contributed by atoms with Gasteiger partial charge in [-0.1, -0.05) is 24.3 Å². The number of carbonyl (C=O) groups excluding carboxylic acids is 2. The van der Waals surface area contributed by atoms with E-state index < -0.39 is 18.0 Å². The third-order valence-corrected chi connectivity index (χ3v) is 5.86. The summed E-state index contributed by atoms with van der Waals surface area (Å²) < 4.78 is 17.3. The Labute approximate surface area is 220 Å². The molecule has 0 saturated heterocycles. The predicted molar refractivity (Wildman–Crippen MR) is 143 cm³/mol. The van der Waals surface area contributed by atoms with E-state index in [4.69, 9.17) is 24.9 Å². The molecule has 11 nitrogen and oxygen atoms in total. The van der Waals surface area contributed by atoms with Crippen molar-refractivity contribution in [1.82, 2.24) is 14.9 Å². The van der Waals surface area contributed by atoms with Crippen molar-refractivity contribution in [2.75, 3.05) is 26.1 Å². The van der Waals surface area contributed by atoms with Crippen LogP contribution in [-0.2, 0) is 20.9 Å². The van der Waals surface area contributed by atoms with Crippen molar-refractivity contribution in [3.05, 3.63) is 77.9 Å². The first kappa shape index (κ1) is 26.3. The van der Waals surface area contributed by atoms with Gasteiger partial charge in [-0.15, -0.1) is 0 Å². The third-order valence-electron chi connectivity index (χ3n) is 5.86. The normalized spacial score (nSPS) is 17.5. The number of aromatic nitrogens is 2. The molecule has 1 amide bonds. The number of hydrogen-bond donors (Lipinski definition) is 3. The Balaban J connectivity index is 1.56. The van der Waals surface area contributed by atoms with Gasteiger partial charge in [-0.05, 0) is 24.1 Å². The highest BCUT2D eigenvalue weighted by Gasteiger charge is 2.38. The zero-order valence-corrected chi connectivity index (χ0v) is 21.4. The number of benzene rings is 2. The summed E-state index contributed by atoms with van der Waals surface area (Å²) in [5, 5.41) is 6.60. The lowest BCUT2D eigenvalue weighted by Crippen LogP contribution is -2.55. The first-order valence-electron chi connectivity index (χ1n) is 12.0. The number of ether oxygens (including phenoxy) is 3. The Bertz CT molecular complexity index is 1330. The number of primary amides is 1. The standard InChI is InChI=1S/C27H30N6O5/c1-4-38-22(34)10-9-17-5-7-18(8-6-17)16-30-27-32-25(23(24(28)35)26-29-11-12-33(26)27)31-19-13-20(36-2)15-21(14-19)37-3/h5-15,23,25,31H,4,16H2,1-3H3,(H2,28,35)(H,30,32)/b10-9+. The van der Waals surface area contributed by atoms with Crippen LogP contribution in [0.15, 0.2) is 65.9 Å². The summed E-state index contributed by atoms with van der Waals surface area (Å²) in [6.07, 6.45) is 5.79. The number of aliphatic imine (C=N–C) groups is 1. The molecule has 0 saturated carbocycles. The number of fused-ring (bicyclic) bond motifs is 1. The summed E-state index contributed by atoms with van der Waals surface area (Å²) >= 11 is 0. The van der Waals surface area contributed by atoms with Gasteiger partial charge in [0.2, 0.25) is 11.9 Å². The van der Waals surface area contributed by atoms with Crippen LogP contribution in [0.25, 0.3) is 6.08 Å². The average Bonchev–Trinajstić information content (AvgIpc) is 3.40. The summed E-state index contributed by atoms with van der Waals surface area (Å²) in [7, 11) is 3.13. The van der Waals surface area contributed by atoms with E-state index >= 15 is 0 Å². The molecule has 0 bridgehead atoms. The SMILES string of the molecule is CCOC(=O)/C=C/c1ccc(CN=C2NC(Nc3cc(OC)cc(OC)c3)C(C(N)=O)c3nccn32)cc1. The van der Waals surface area contributed by atoms with E-state index in [1.54, 1.807) is 62.4 Å². The number of imidazole rings is 1. The first-order valence-corrected chi connectivity index (χ1v) is 12.0. The Morgan fingerprint density at radius 3 is 2.50 bits per heavy atom. The van der Waals surface area contributed by atoms with Gasteiger partial charge in [0.1, 0.15) is 29.4 Å². The highest BCUT2D eigenvalue weighted by Crippen LogP contribution is 2.29. The monoisotopic (exact) mass is 518 g/mol. The molecule has 198 valence electrons. The Morgan fingerprint density at radius 2 is 1.87 bits per heavy atom. The fourth-order valence-electron chi connectivity index (χ4n) is 4.02. The summed E-state index contributed by atoms with van der Waals surface area (Å²) in [4.78, 5) is 33.1. The fourth-order valence-corrected chi connectivity index (χ4v) is 4.02. The molecule has 2 unspecified atom stereocenters. The summed E-state index contributed by atoms with van der Waals surface area (Å²) in [6.45, 7) is 2.46. The second-order valence-electron chi connectivity index (χ2n) is 8.37. The summed E-state index contributed by atoms with van der Waals surface area (Å²) in [6, 6.07) is 13.0. The average molecular weight is 519 g/mol. The van der Waals surface area contributed by atoms with E-state index in [0.29, 0.717) is 42.1 Å². The number of methoxy groups -OCH3 is 2. The van der Waals surface area contributed by atoms with Crippen molar-refractivity contribution in [2.45, 2.75) is 25.6 Å². The predicted octanol–water partition coefficient (Wildman–Crippen LogP) is 2.49. The molecule has 2 aromatic carbocycles. The van der Waals surface area contributed by atoms with Crippen molar-refractivity contribution >= 4 is 29.6 Å². The minimum atomic E-state index is -0.772. The number of nitrogens with zero attached hydrogens (tertiary/aromatic N) is 3. The molecule has 0 fully saturated rings. The summed E-state index contributed by atoms with van der Waals surface area (Å²) in [5.41, 5.74) is 8.27. The van der Waals surface area contributed by atoms with Crippen molar-refractivity contribution in [2.24, 2.45) is 10.7 Å². The zero-order valence-electron chi connectivity index (χ0n) is 21.4. The van der Waals surface area contributed by atoms with E-state index in [0.717, 1.165) is 11.1 Å². The molecule has 0 spiro atoms. The zero-order chi connectivity index (χ0) is 27.1. The lowest BCUT2D eigenvalue weighted by molar-refractivity contribution is -0.137. The minimum absolute atomic E-state index is 0.333. The van der Waals surface area contributed by atoms with Crippen LogP contribution in [0.1, 0.15) is 29.8 Å². The molecular formula is C27H30N6O5. The largest absolute Gasteiger partial charge is 0.497 e. The molecule has 1 aromatic heterocycles. The quantitative estimate of drug-likeness (QED) is 0.275. The lowest BCUT2D eigenvalue weighted by atomic mass is 10.0. The van der Waals surface area contributed by atoms with Gasteiger partial charge < -0.3 is 30.6 Å². The van der Waals surface area contributed by atoms with Gasteiger partial charge in [-0.2, -0.15) is 0 Å². The van der Waals surface area contributed by atoms with Crippen LogP contribution in [0.2, 0.25) is 0 Å². The van der Waals surface area contributed by atoms with Crippen LogP contribution >= 0.6 is 0 Å². The molecule has 1 aliphatic rings. The highest BCUT2D eigenvalue weighted by atomic mass is 16.5.